The number of hydrogen-bond acceptors (Lipinski definition) is 2. The number of rotatable bonds is 0. The van der Waals surface area contributed by atoms with E-state index in [2.05, 4.69) is 9.97 Å². The quantitative estimate of drug-likeness (QED) is 0.585. The van der Waals surface area contributed by atoms with Gasteiger partial charge in [-0.05, 0) is 12.1 Å². The Bertz CT molecular complexity index is 390. The summed E-state index contributed by atoms with van der Waals surface area (Å²) in [6, 6.07) is 3.41. The van der Waals surface area contributed by atoms with Crippen molar-refractivity contribution < 1.29 is 4.39 Å². The summed E-state index contributed by atoms with van der Waals surface area (Å²) in [6.45, 7) is 0. The minimum absolute atomic E-state index is 0.213. The van der Waals surface area contributed by atoms with Gasteiger partial charge in [0.05, 0.1) is 5.02 Å². The lowest BCUT2D eigenvalue weighted by Crippen LogP contribution is -1.87. The first-order valence-electron chi connectivity index (χ1n) is 3.34. The van der Waals surface area contributed by atoms with Gasteiger partial charge in [0.15, 0.2) is 0 Å². The average molecular weight is 183 g/mol. The summed E-state index contributed by atoms with van der Waals surface area (Å²) in [5.41, 5.74) is 0.213. The predicted molar refractivity (Wildman–Crippen MR) is 44.5 cm³/mol. The molecule has 0 aliphatic rings. The number of nitrogens with zero attached hydrogens (tertiary/aromatic N) is 2. The van der Waals surface area contributed by atoms with E-state index in [-0.39, 0.29) is 5.52 Å². The zero-order chi connectivity index (χ0) is 8.55. The van der Waals surface area contributed by atoms with Gasteiger partial charge in [-0.15, -0.1) is 0 Å². The third kappa shape index (κ3) is 1.02. The van der Waals surface area contributed by atoms with Crippen LogP contribution in [0.1, 0.15) is 0 Å². The summed E-state index contributed by atoms with van der Waals surface area (Å²) >= 11 is 5.76. The highest BCUT2D eigenvalue weighted by atomic mass is 35.5. The Kier molecular flexibility index (Phi) is 1.66. The smallest absolute Gasteiger partial charge is 0.239 e. The second-order valence-corrected chi connectivity index (χ2v) is 2.70. The zero-order valence-corrected chi connectivity index (χ0v) is 6.72. The molecule has 0 atom stereocenters. The Labute approximate surface area is 73.0 Å². The van der Waals surface area contributed by atoms with Crippen molar-refractivity contribution in [1.82, 2.24) is 9.97 Å². The maximum absolute atomic E-state index is 12.9. The van der Waals surface area contributed by atoms with Crippen LogP contribution in [0.25, 0.3) is 10.9 Å². The van der Waals surface area contributed by atoms with Crippen molar-refractivity contribution in [3.8, 4) is 0 Å². The first kappa shape index (κ1) is 7.43. The minimum Gasteiger partial charge on any atom is -0.251 e. The van der Waals surface area contributed by atoms with Crippen LogP contribution in [0.15, 0.2) is 24.5 Å². The molecule has 0 aromatic carbocycles. The van der Waals surface area contributed by atoms with Crippen LogP contribution in [-0.2, 0) is 0 Å². The monoisotopic (exact) mass is 182 g/mol. The van der Waals surface area contributed by atoms with Crippen LogP contribution in [0.2, 0.25) is 5.02 Å². The van der Waals surface area contributed by atoms with E-state index in [1.165, 1.54) is 12.4 Å². The van der Waals surface area contributed by atoms with Crippen molar-refractivity contribution in [2.75, 3.05) is 0 Å². The highest BCUT2D eigenvalue weighted by Crippen LogP contribution is 2.21. The molecule has 0 saturated carbocycles. The van der Waals surface area contributed by atoms with Crippen molar-refractivity contribution in [3.05, 3.63) is 35.5 Å². The number of fused-ring (bicyclic) bond motifs is 1. The second-order valence-electron chi connectivity index (χ2n) is 2.30. The summed E-state index contributed by atoms with van der Waals surface area (Å²) in [4.78, 5) is 7.27. The Morgan fingerprint density at radius 2 is 2.17 bits per heavy atom. The Balaban J connectivity index is 2.95. The van der Waals surface area contributed by atoms with E-state index in [0.29, 0.717) is 10.4 Å². The van der Waals surface area contributed by atoms with Crippen molar-refractivity contribution in [2.45, 2.75) is 0 Å². The second kappa shape index (κ2) is 2.68. The van der Waals surface area contributed by atoms with Crippen LogP contribution >= 0.6 is 11.6 Å². The topological polar surface area (TPSA) is 25.8 Å². The van der Waals surface area contributed by atoms with E-state index in [1.807, 2.05) is 0 Å². The van der Waals surface area contributed by atoms with Crippen LogP contribution in [0.5, 0.6) is 0 Å². The molecule has 2 nitrogen and oxygen atoms in total. The van der Waals surface area contributed by atoms with Gasteiger partial charge >= 0.3 is 0 Å². The van der Waals surface area contributed by atoms with Gasteiger partial charge in [0.25, 0.3) is 0 Å². The molecule has 12 heavy (non-hydrogen) atoms. The molecule has 0 N–H and O–H groups in total. The Hall–Kier alpha value is -1.22. The first-order valence-corrected chi connectivity index (χ1v) is 3.71. The van der Waals surface area contributed by atoms with E-state index in [9.17, 15) is 4.39 Å². The van der Waals surface area contributed by atoms with Crippen LogP contribution < -0.4 is 0 Å². The highest BCUT2D eigenvalue weighted by Gasteiger charge is 2.04. The molecule has 0 unspecified atom stereocenters. The first-order chi connectivity index (χ1) is 5.79. The largest absolute Gasteiger partial charge is 0.251 e. The van der Waals surface area contributed by atoms with Gasteiger partial charge in [-0.1, -0.05) is 11.6 Å². The molecule has 0 amide bonds. The molecule has 0 fully saturated rings. The van der Waals surface area contributed by atoms with Crippen molar-refractivity contribution in [2.24, 2.45) is 0 Å². The third-order valence-electron chi connectivity index (χ3n) is 1.55. The van der Waals surface area contributed by atoms with Gasteiger partial charge in [-0.2, -0.15) is 4.39 Å². The summed E-state index contributed by atoms with van der Waals surface area (Å²) < 4.78 is 12.9. The van der Waals surface area contributed by atoms with Gasteiger partial charge in [-0.25, -0.2) is 4.98 Å². The molecule has 4 heteroatoms. The molecule has 0 bridgehead atoms. The van der Waals surface area contributed by atoms with E-state index in [1.54, 1.807) is 12.1 Å². The summed E-state index contributed by atoms with van der Waals surface area (Å²) in [6.07, 6.45) is 2.78. The molecule has 0 spiro atoms. The van der Waals surface area contributed by atoms with Gasteiger partial charge in [-0.3, -0.25) is 4.98 Å². The fourth-order valence-corrected chi connectivity index (χ4v) is 1.21. The fourth-order valence-electron chi connectivity index (χ4n) is 1.01. The fraction of sp³-hybridized carbons (Fsp3) is 0. The molecule has 0 aliphatic carbocycles. The molecule has 2 aromatic rings. The van der Waals surface area contributed by atoms with Crippen LogP contribution in [-0.4, -0.2) is 9.97 Å². The van der Waals surface area contributed by atoms with Gasteiger partial charge in [0.1, 0.15) is 5.52 Å². The SMILES string of the molecule is Fc1ncc(Cl)c2cccnc12. The lowest BCUT2D eigenvalue weighted by atomic mass is 10.3. The Morgan fingerprint density at radius 1 is 1.33 bits per heavy atom. The number of halogens is 2. The number of hydrogen-bond donors (Lipinski definition) is 0. The van der Waals surface area contributed by atoms with Crippen molar-refractivity contribution in [1.29, 1.82) is 0 Å². The van der Waals surface area contributed by atoms with Gasteiger partial charge < -0.3 is 0 Å². The van der Waals surface area contributed by atoms with Crippen LogP contribution in [0.4, 0.5) is 4.39 Å². The van der Waals surface area contributed by atoms with Crippen molar-refractivity contribution >= 4 is 22.5 Å². The standard InChI is InChI=1S/C8H4ClFN2/c9-6-4-12-8(10)7-5(6)2-1-3-11-7/h1-4H. The summed E-state index contributed by atoms with van der Waals surface area (Å²) in [7, 11) is 0. The molecule has 0 radical (unpaired) electrons. The minimum atomic E-state index is -0.588. The predicted octanol–water partition coefficient (Wildman–Crippen LogP) is 2.42. The lowest BCUT2D eigenvalue weighted by Gasteiger charge is -1.97. The number of pyridine rings is 2. The molecule has 0 aliphatic heterocycles. The zero-order valence-electron chi connectivity index (χ0n) is 5.96. The highest BCUT2D eigenvalue weighted by molar-refractivity contribution is 6.35. The molecule has 2 heterocycles. The molecular weight excluding hydrogens is 179 g/mol. The van der Waals surface area contributed by atoms with E-state index >= 15 is 0 Å². The number of aromatic nitrogens is 2. The van der Waals surface area contributed by atoms with Crippen LogP contribution in [0.3, 0.4) is 0 Å². The molecule has 2 aromatic heterocycles. The lowest BCUT2D eigenvalue weighted by molar-refractivity contribution is 0.594. The average Bonchev–Trinajstić information content (AvgIpc) is 2.12. The molecule has 0 saturated heterocycles. The third-order valence-corrected chi connectivity index (χ3v) is 1.85. The van der Waals surface area contributed by atoms with Gasteiger partial charge in [0.2, 0.25) is 5.95 Å². The molecule has 60 valence electrons. The summed E-state index contributed by atoms with van der Waals surface area (Å²) in [5, 5.41) is 1.01. The van der Waals surface area contributed by atoms with Gasteiger partial charge in [0, 0.05) is 17.8 Å². The normalized spacial score (nSPS) is 10.5. The molecule has 2 rings (SSSR count). The summed E-state index contributed by atoms with van der Waals surface area (Å²) in [5.74, 6) is -0.588. The van der Waals surface area contributed by atoms with Crippen molar-refractivity contribution in [3.63, 3.8) is 0 Å². The molecular formula is C8H4ClFN2. The van der Waals surface area contributed by atoms with Crippen LogP contribution in [0, 0.1) is 5.95 Å². The van der Waals surface area contributed by atoms with E-state index < -0.39 is 5.95 Å². The Morgan fingerprint density at radius 3 is 2.92 bits per heavy atom. The van der Waals surface area contributed by atoms with E-state index in [4.69, 9.17) is 11.6 Å². The van der Waals surface area contributed by atoms with E-state index in [0.717, 1.165) is 0 Å². The maximum Gasteiger partial charge on any atom is 0.239 e. The maximum atomic E-state index is 12.9.